The Bertz CT molecular complexity index is 245. The maximum Gasteiger partial charge on any atom is 0.223 e. The molecule has 1 unspecified atom stereocenters. The van der Waals surface area contributed by atoms with E-state index in [4.69, 9.17) is 4.74 Å². The normalized spacial score (nSPS) is 21.1. The van der Waals surface area contributed by atoms with Gasteiger partial charge in [0.15, 0.2) is 5.12 Å². The molecule has 0 aromatic rings. The van der Waals surface area contributed by atoms with Crippen LogP contribution in [0.2, 0.25) is 0 Å². The van der Waals surface area contributed by atoms with Gasteiger partial charge in [0.05, 0.1) is 6.61 Å². The Labute approximate surface area is 94.3 Å². The van der Waals surface area contributed by atoms with Crippen LogP contribution in [-0.2, 0) is 14.3 Å². The number of ether oxygens (including phenoxy) is 1. The number of carbonyl (C=O) groups is 2. The fourth-order valence-electron chi connectivity index (χ4n) is 1.58. The number of thioether (sulfide) groups is 1. The minimum absolute atomic E-state index is 0.0828. The van der Waals surface area contributed by atoms with Gasteiger partial charge in [0.2, 0.25) is 5.91 Å². The SMILES string of the molecule is CCOCCN1CC(SC(C)=O)CC1=O. The van der Waals surface area contributed by atoms with Gasteiger partial charge in [-0.05, 0) is 6.92 Å². The minimum atomic E-state index is 0.0828. The largest absolute Gasteiger partial charge is 0.380 e. The maximum absolute atomic E-state index is 11.5. The van der Waals surface area contributed by atoms with Gasteiger partial charge in [-0.2, -0.15) is 0 Å². The first-order chi connectivity index (χ1) is 7.13. The highest BCUT2D eigenvalue weighted by Gasteiger charge is 2.30. The lowest BCUT2D eigenvalue weighted by molar-refractivity contribution is -0.128. The third-order valence-electron chi connectivity index (χ3n) is 2.22. The van der Waals surface area contributed by atoms with Crippen molar-refractivity contribution >= 4 is 22.8 Å². The van der Waals surface area contributed by atoms with Crippen LogP contribution in [0.1, 0.15) is 20.3 Å². The van der Waals surface area contributed by atoms with E-state index < -0.39 is 0 Å². The van der Waals surface area contributed by atoms with Crippen LogP contribution < -0.4 is 0 Å². The molecule has 1 amide bonds. The van der Waals surface area contributed by atoms with Crippen molar-refractivity contribution in [3.8, 4) is 0 Å². The summed E-state index contributed by atoms with van der Waals surface area (Å²) in [6.07, 6.45) is 0.483. The quantitative estimate of drug-likeness (QED) is 0.660. The van der Waals surface area contributed by atoms with Crippen LogP contribution in [0.4, 0.5) is 0 Å². The van der Waals surface area contributed by atoms with Crippen molar-refractivity contribution in [1.29, 1.82) is 0 Å². The van der Waals surface area contributed by atoms with Crippen LogP contribution in [-0.4, -0.2) is 47.5 Å². The Morgan fingerprint density at radius 2 is 2.40 bits per heavy atom. The van der Waals surface area contributed by atoms with E-state index in [2.05, 4.69) is 0 Å². The zero-order valence-electron chi connectivity index (χ0n) is 9.19. The third kappa shape index (κ3) is 4.22. The number of hydrogen-bond donors (Lipinski definition) is 0. The highest BCUT2D eigenvalue weighted by molar-refractivity contribution is 8.14. The molecule has 1 aliphatic rings. The smallest absolute Gasteiger partial charge is 0.223 e. The molecule has 0 aliphatic carbocycles. The van der Waals surface area contributed by atoms with Gasteiger partial charge < -0.3 is 9.64 Å². The number of likely N-dealkylation sites (tertiary alicyclic amines) is 1. The van der Waals surface area contributed by atoms with Gasteiger partial charge in [-0.15, -0.1) is 0 Å². The molecule has 0 N–H and O–H groups in total. The molecule has 1 rings (SSSR count). The van der Waals surface area contributed by atoms with Crippen molar-refractivity contribution in [1.82, 2.24) is 4.90 Å². The van der Waals surface area contributed by atoms with E-state index >= 15 is 0 Å². The van der Waals surface area contributed by atoms with E-state index in [0.29, 0.717) is 32.7 Å². The number of nitrogens with zero attached hydrogens (tertiary/aromatic N) is 1. The topological polar surface area (TPSA) is 46.6 Å². The third-order valence-corrected chi connectivity index (χ3v) is 3.20. The molecule has 1 saturated heterocycles. The second-order valence-corrected chi connectivity index (χ2v) is 4.95. The summed E-state index contributed by atoms with van der Waals surface area (Å²) in [5, 5.41) is 0.219. The monoisotopic (exact) mass is 231 g/mol. The number of carbonyl (C=O) groups excluding carboxylic acids is 2. The van der Waals surface area contributed by atoms with Gasteiger partial charge in [0, 0.05) is 38.3 Å². The molecule has 86 valence electrons. The molecule has 0 radical (unpaired) electrons. The fraction of sp³-hybridized carbons (Fsp3) is 0.800. The van der Waals surface area contributed by atoms with Gasteiger partial charge in [0.25, 0.3) is 0 Å². The number of amides is 1. The number of hydrogen-bond acceptors (Lipinski definition) is 4. The lowest BCUT2D eigenvalue weighted by atomic mass is 10.4. The highest BCUT2D eigenvalue weighted by atomic mass is 32.2. The first-order valence-electron chi connectivity index (χ1n) is 5.16. The molecule has 15 heavy (non-hydrogen) atoms. The zero-order valence-corrected chi connectivity index (χ0v) is 10.0. The standard InChI is InChI=1S/C10H17NO3S/c1-3-14-5-4-11-7-9(6-10(11)13)15-8(2)12/h9H,3-7H2,1-2H3. The summed E-state index contributed by atoms with van der Waals surface area (Å²) < 4.78 is 5.19. The Hall–Kier alpha value is -0.550. The first kappa shape index (κ1) is 12.5. The van der Waals surface area contributed by atoms with Crippen molar-refractivity contribution in [3.63, 3.8) is 0 Å². The molecular formula is C10H17NO3S. The van der Waals surface area contributed by atoms with Crippen molar-refractivity contribution in [2.24, 2.45) is 0 Å². The molecule has 1 aliphatic heterocycles. The van der Waals surface area contributed by atoms with Gasteiger partial charge >= 0.3 is 0 Å². The van der Waals surface area contributed by atoms with Crippen LogP contribution in [0, 0.1) is 0 Å². The summed E-state index contributed by atoms with van der Waals surface area (Å²) in [6.45, 7) is 6.04. The average Bonchev–Trinajstić information content (AvgIpc) is 2.46. The van der Waals surface area contributed by atoms with Crippen LogP contribution in [0.3, 0.4) is 0 Å². The van der Waals surface area contributed by atoms with Crippen LogP contribution in [0.25, 0.3) is 0 Å². The Balaban J connectivity index is 2.29. The zero-order chi connectivity index (χ0) is 11.3. The summed E-state index contributed by atoms with van der Waals surface area (Å²) >= 11 is 1.27. The molecule has 0 aromatic heterocycles. The molecule has 1 heterocycles. The van der Waals surface area contributed by atoms with Crippen LogP contribution >= 0.6 is 11.8 Å². The molecule has 4 nitrogen and oxygen atoms in total. The second-order valence-electron chi connectivity index (χ2n) is 3.47. The lowest BCUT2D eigenvalue weighted by Crippen LogP contribution is -2.29. The highest BCUT2D eigenvalue weighted by Crippen LogP contribution is 2.23. The molecule has 0 bridgehead atoms. The van der Waals surface area contributed by atoms with Crippen molar-refractivity contribution in [2.75, 3.05) is 26.3 Å². The number of rotatable bonds is 5. The van der Waals surface area contributed by atoms with E-state index in [0.717, 1.165) is 0 Å². The molecule has 0 aromatic carbocycles. The van der Waals surface area contributed by atoms with Gasteiger partial charge in [-0.1, -0.05) is 11.8 Å². The van der Waals surface area contributed by atoms with Crippen LogP contribution in [0.5, 0.6) is 0 Å². The predicted octanol–water partition coefficient (Wildman–Crippen LogP) is 0.903. The average molecular weight is 231 g/mol. The molecule has 0 spiro atoms. The summed E-state index contributed by atoms with van der Waals surface area (Å²) in [4.78, 5) is 24.2. The molecule has 1 atom stereocenters. The summed E-state index contributed by atoms with van der Waals surface area (Å²) in [5.74, 6) is 0.133. The Morgan fingerprint density at radius 3 is 3.00 bits per heavy atom. The van der Waals surface area contributed by atoms with Gasteiger partial charge in [0.1, 0.15) is 0 Å². The van der Waals surface area contributed by atoms with E-state index in [9.17, 15) is 9.59 Å². The van der Waals surface area contributed by atoms with Crippen LogP contribution in [0.15, 0.2) is 0 Å². The molecule has 1 fully saturated rings. The summed E-state index contributed by atoms with van der Waals surface area (Å²) in [7, 11) is 0. The van der Waals surface area contributed by atoms with Gasteiger partial charge in [-0.25, -0.2) is 0 Å². The molecule has 0 saturated carbocycles. The summed E-state index contributed by atoms with van der Waals surface area (Å²) in [6, 6.07) is 0. The molecule has 5 heteroatoms. The maximum atomic E-state index is 11.5. The second kappa shape index (κ2) is 6.12. The fourth-order valence-corrected chi connectivity index (χ4v) is 2.53. The predicted molar refractivity (Wildman–Crippen MR) is 59.8 cm³/mol. The van der Waals surface area contributed by atoms with E-state index in [-0.39, 0.29) is 16.3 Å². The summed E-state index contributed by atoms with van der Waals surface area (Å²) in [5.41, 5.74) is 0. The molecular weight excluding hydrogens is 214 g/mol. The van der Waals surface area contributed by atoms with Crippen molar-refractivity contribution in [3.05, 3.63) is 0 Å². The van der Waals surface area contributed by atoms with Crippen molar-refractivity contribution in [2.45, 2.75) is 25.5 Å². The van der Waals surface area contributed by atoms with E-state index in [1.165, 1.54) is 18.7 Å². The van der Waals surface area contributed by atoms with E-state index in [1.807, 2.05) is 6.92 Å². The first-order valence-corrected chi connectivity index (χ1v) is 6.04. The lowest BCUT2D eigenvalue weighted by Gasteiger charge is -2.15. The minimum Gasteiger partial charge on any atom is -0.380 e. The Kier molecular flexibility index (Phi) is 5.11. The van der Waals surface area contributed by atoms with Crippen molar-refractivity contribution < 1.29 is 14.3 Å². The van der Waals surface area contributed by atoms with E-state index in [1.54, 1.807) is 4.90 Å². The van der Waals surface area contributed by atoms with Gasteiger partial charge in [-0.3, -0.25) is 9.59 Å². The Morgan fingerprint density at radius 1 is 1.67 bits per heavy atom.